The van der Waals surface area contributed by atoms with Crippen molar-refractivity contribution in [2.45, 2.75) is 24.2 Å². The summed E-state index contributed by atoms with van der Waals surface area (Å²) in [4.78, 5) is 11.1. The Hall–Kier alpha value is -1.44. The maximum atomic E-state index is 12.5. The fraction of sp³-hybridized carbons (Fsp3) is 0.357. The first-order valence-electron chi connectivity index (χ1n) is 6.73. The van der Waals surface area contributed by atoms with Crippen LogP contribution in [0.2, 0.25) is 0 Å². The molecule has 1 aliphatic carbocycles. The zero-order valence-electron chi connectivity index (χ0n) is 11.2. The number of thiophene rings is 1. The molecule has 1 heterocycles. The first-order chi connectivity index (χ1) is 9.99. The highest BCUT2D eigenvalue weighted by molar-refractivity contribution is 7.90. The van der Waals surface area contributed by atoms with Gasteiger partial charge in [0.25, 0.3) is 0 Å². The molecule has 1 aliphatic rings. The van der Waals surface area contributed by atoms with Crippen LogP contribution in [0.4, 0.5) is 0 Å². The van der Waals surface area contributed by atoms with E-state index in [2.05, 4.69) is 4.72 Å². The summed E-state index contributed by atoms with van der Waals surface area (Å²) in [7, 11) is -3.81. The third-order valence-electron chi connectivity index (χ3n) is 3.80. The van der Waals surface area contributed by atoms with Crippen molar-refractivity contribution >= 4 is 37.4 Å². The Morgan fingerprint density at radius 1 is 1.33 bits per heavy atom. The molecule has 1 fully saturated rings. The van der Waals surface area contributed by atoms with E-state index in [0.29, 0.717) is 22.5 Å². The van der Waals surface area contributed by atoms with E-state index in [-0.39, 0.29) is 9.77 Å². The van der Waals surface area contributed by atoms with E-state index in [4.69, 9.17) is 0 Å². The van der Waals surface area contributed by atoms with E-state index in [1.807, 2.05) is 0 Å². The van der Waals surface area contributed by atoms with Crippen LogP contribution in [-0.2, 0) is 10.0 Å². The Kier molecular flexibility index (Phi) is 3.73. The third-order valence-corrected chi connectivity index (χ3v) is 6.60. The van der Waals surface area contributed by atoms with Crippen LogP contribution in [-0.4, -0.2) is 26.0 Å². The Morgan fingerprint density at radius 3 is 2.67 bits per heavy atom. The van der Waals surface area contributed by atoms with Crippen LogP contribution >= 0.6 is 11.3 Å². The van der Waals surface area contributed by atoms with E-state index in [0.717, 1.165) is 30.6 Å². The average Bonchev–Trinajstić information content (AvgIpc) is 2.76. The average molecular weight is 325 g/mol. The van der Waals surface area contributed by atoms with Crippen molar-refractivity contribution in [3.63, 3.8) is 0 Å². The lowest BCUT2D eigenvalue weighted by Crippen LogP contribution is -2.32. The minimum atomic E-state index is -3.81. The van der Waals surface area contributed by atoms with Crippen LogP contribution in [0, 0.1) is 5.92 Å². The summed E-state index contributed by atoms with van der Waals surface area (Å²) in [6.07, 6.45) is 3.19. The van der Waals surface area contributed by atoms with E-state index >= 15 is 0 Å². The molecule has 21 heavy (non-hydrogen) atoms. The lowest BCUT2D eigenvalue weighted by Gasteiger charge is -2.25. The van der Waals surface area contributed by atoms with Crippen LogP contribution < -0.4 is 4.72 Å². The van der Waals surface area contributed by atoms with Gasteiger partial charge in [0, 0.05) is 16.6 Å². The largest absolute Gasteiger partial charge is 0.477 e. The Bertz CT molecular complexity index is 790. The van der Waals surface area contributed by atoms with Gasteiger partial charge in [-0.1, -0.05) is 24.6 Å². The summed E-state index contributed by atoms with van der Waals surface area (Å²) in [5, 5.41) is 9.76. The summed E-state index contributed by atoms with van der Waals surface area (Å²) >= 11 is 0.994. The monoisotopic (exact) mass is 325 g/mol. The SMILES string of the molecule is O=C(O)c1sc2ccccc2c1S(=O)(=O)NCC1CCC1. The second kappa shape index (κ2) is 5.40. The Balaban J connectivity index is 2.04. The molecule has 1 aromatic heterocycles. The maximum Gasteiger partial charge on any atom is 0.347 e. The fourth-order valence-electron chi connectivity index (χ4n) is 2.43. The van der Waals surface area contributed by atoms with Gasteiger partial charge in [0.15, 0.2) is 0 Å². The van der Waals surface area contributed by atoms with Gasteiger partial charge in [0.2, 0.25) is 10.0 Å². The topological polar surface area (TPSA) is 83.5 Å². The molecule has 0 saturated heterocycles. The fourth-order valence-corrected chi connectivity index (χ4v) is 5.28. The molecule has 0 unspecified atom stereocenters. The standard InChI is InChI=1S/C14H15NO4S2/c16-14(17)12-13(10-6-1-2-7-11(10)20-12)21(18,19)15-8-9-4-3-5-9/h1-2,6-7,9,15H,3-5,8H2,(H,16,17). The van der Waals surface area contributed by atoms with Crippen LogP contribution in [0.15, 0.2) is 29.2 Å². The van der Waals surface area contributed by atoms with E-state index in [1.165, 1.54) is 0 Å². The Morgan fingerprint density at radius 2 is 2.05 bits per heavy atom. The minimum Gasteiger partial charge on any atom is -0.477 e. The second-order valence-corrected chi connectivity index (χ2v) is 7.97. The number of sulfonamides is 1. The van der Waals surface area contributed by atoms with Crippen molar-refractivity contribution in [3.8, 4) is 0 Å². The number of aromatic carboxylic acids is 1. The molecule has 2 aromatic rings. The molecule has 0 radical (unpaired) electrons. The van der Waals surface area contributed by atoms with Crippen molar-refractivity contribution in [2.24, 2.45) is 5.92 Å². The third kappa shape index (κ3) is 2.68. The normalized spacial score (nSPS) is 16.0. The van der Waals surface area contributed by atoms with Crippen LogP contribution in [0.5, 0.6) is 0 Å². The highest BCUT2D eigenvalue weighted by Crippen LogP contribution is 2.35. The lowest BCUT2D eigenvalue weighted by atomic mass is 9.86. The van der Waals surface area contributed by atoms with Gasteiger partial charge in [0.1, 0.15) is 9.77 Å². The summed E-state index contributed by atoms with van der Waals surface area (Å²) < 4.78 is 28.3. The molecule has 0 atom stereocenters. The maximum absolute atomic E-state index is 12.5. The van der Waals surface area contributed by atoms with Gasteiger partial charge in [-0.25, -0.2) is 17.9 Å². The number of carboxylic acid groups (broad SMARTS) is 1. The molecular formula is C14H15NO4S2. The van der Waals surface area contributed by atoms with E-state index in [9.17, 15) is 18.3 Å². The van der Waals surface area contributed by atoms with Gasteiger partial charge in [-0.05, 0) is 24.8 Å². The van der Waals surface area contributed by atoms with Gasteiger partial charge in [-0.3, -0.25) is 0 Å². The number of benzene rings is 1. The molecule has 0 amide bonds. The van der Waals surface area contributed by atoms with Crippen molar-refractivity contribution in [2.75, 3.05) is 6.54 Å². The number of hydrogen-bond acceptors (Lipinski definition) is 4. The van der Waals surface area contributed by atoms with Crippen LogP contribution in [0.1, 0.15) is 28.9 Å². The van der Waals surface area contributed by atoms with Gasteiger partial charge >= 0.3 is 5.97 Å². The van der Waals surface area contributed by atoms with Gasteiger partial charge in [-0.2, -0.15) is 0 Å². The number of carbonyl (C=O) groups is 1. The summed E-state index contributed by atoms with van der Waals surface area (Å²) in [5.74, 6) is -0.835. The highest BCUT2D eigenvalue weighted by Gasteiger charge is 2.29. The summed E-state index contributed by atoms with van der Waals surface area (Å²) in [6, 6.07) is 6.86. The second-order valence-electron chi connectivity index (χ2n) is 5.21. The minimum absolute atomic E-state index is 0.102. The zero-order chi connectivity index (χ0) is 15.0. The van der Waals surface area contributed by atoms with Crippen LogP contribution in [0.3, 0.4) is 0 Å². The highest BCUT2D eigenvalue weighted by atomic mass is 32.2. The molecule has 7 heteroatoms. The van der Waals surface area contributed by atoms with Crippen LogP contribution in [0.25, 0.3) is 10.1 Å². The van der Waals surface area contributed by atoms with E-state index < -0.39 is 16.0 Å². The first kappa shape index (κ1) is 14.5. The lowest BCUT2D eigenvalue weighted by molar-refractivity contribution is 0.0698. The number of nitrogens with one attached hydrogen (secondary N) is 1. The van der Waals surface area contributed by atoms with Crippen molar-refractivity contribution in [3.05, 3.63) is 29.1 Å². The molecule has 2 N–H and O–H groups in total. The molecule has 0 aliphatic heterocycles. The first-order valence-corrected chi connectivity index (χ1v) is 9.03. The Labute approximate surface area is 126 Å². The van der Waals surface area contributed by atoms with Crippen molar-refractivity contribution in [1.82, 2.24) is 4.72 Å². The quantitative estimate of drug-likeness (QED) is 0.885. The van der Waals surface area contributed by atoms with Gasteiger partial charge in [-0.15, -0.1) is 11.3 Å². The molecule has 1 saturated carbocycles. The van der Waals surface area contributed by atoms with Crippen molar-refractivity contribution < 1.29 is 18.3 Å². The van der Waals surface area contributed by atoms with Crippen molar-refractivity contribution in [1.29, 1.82) is 0 Å². The predicted octanol–water partition coefficient (Wildman–Crippen LogP) is 2.68. The summed E-state index contributed by atoms with van der Waals surface area (Å²) in [6.45, 7) is 0.381. The molecule has 3 rings (SSSR count). The zero-order valence-corrected chi connectivity index (χ0v) is 12.8. The number of rotatable bonds is 5. The molecular weight excluding hydrogens is 310 g/mol. The predicted molar refractivity (Wildman–Crippen MR) is 81.3 cm³/mol. The smallest absolute Gasteiger partial charge is 0.347 e. The number of fused-ring (bicyclic) bond motifs is 1. The summed E-state index contributed by atoms with van der Waals surface area (Å²) in [5.41, 5.74) is 0. The number of carboxylic acids is 1. The molecule has 0 spiro atoms. The molecule has 1 aromatic carbocycles. The number of hydrogen-bond donors (Lipinski definition) is 2. The molecule has 112 valence electrons. The van der Waals surface area contributed by atoms with E-state index in [1.54, 1.807) is 24.3 Å². The van der Waals surface area contributed by atoms with Gasteiger partial charge in [0.05, 0.1) is 0 Å². The molecule has 0 bridgehead atoms. The molecule has 5 nitrogen and oxygen atoms in total. The van der Waals surface area contributed by atoms with Gasteiger partial charge < -0.3 is 5.11 Å².